The van der Waals surface area contributed by atoms with Gasteiger partial charge in [-0.1, -0.05) is 25.3 Å². The third kappa shape index (κ3) is 4.42. The Morgan fingerprint density at radius 2 is 1.68 bits per heavy atom. The monoisotopic (exact) mass is 405 g/mol. The SMILES string of the molecule is O=C(CN1CCN(S(=O)(=O)c2ccc3c(c2)CCC3)CC1)NC1CCCCC1. The van der Waals surface area contributed by atoms with Crippen molar-refractivity contribution in [3.05, 3.63) is 29.3 Å². The first-order valence-electron chi connectivity index (χ1n) is 10.7. The summed E-state index contributed by atoms with van der Waals surface area (Å²) < 4.78 is 27.6. The molecular weight excluding hydrogens is 374 g/mol. The van der Waals surface area contributed by atoms with Crippen molar-refractivity contribution in [3.63, 3.8) is 0 Å². The summed E-state index contributed by atoms with van der Waals surface area (Å²) in [7, 11) is -3.45. The van der Waals surface area contributed by atoms with E-state index in [1.165, 1.54) is 30.4 Å². The number of piperazine rings is 1. The maximum absolute atomic E-state index is 13.0. The number of hydrogen-bond acceptors (Lipinski definition) is 4. The lowest BCUT2D eigenvalue weighted by Gasteiger charge is -2.34. The molecule has 2 fully saturated rings. The summed E-state index contributed by atoms with van der Waals surface area (Å²) in [6.45, 7) is 2.44. The summed E-state index contributed by atoms with van der Waals surface area (Å²) in [5, 5.41) is 3.14. The van der Waals surface area contributed by atoms with Gasteiger partial charge in [0, 0.05) is 32.2 Å². The largest absolute Gasteiger partial charge is 0.352 e. The first kappa shape index (κ1) is 19.9. The van der Waals surface area contributed by atoms with Crippen LogP contribution in [0.3, 0.4) is 0 Å². The van der Waals surface area contributed by atoms with Gasteiger partial charge in [0.25, 0.3) is 0 Å². The molecule has 1 aromatic carbocycles. The summed E-state index contributed by atoms with van der Waals surface area (Å²) in [5.41, 5.74) is 2.46. The zero-order chi connectivity index (χ0) is 19.6. The highest BCUT2D eigenvalue weighted by Gasteiger charge is 2.30. The summed E-state index contributed by atoms with van der Waals surface area (Å²) in [5.74, 6) is 0.0711. The van der Waals surface area contributed by atoms with Gasteiger partial charge in [-0.3, -0.25) is 9.69 Å². The van der Waals surface area contributed by atoms with Crippen LogP contribution in [-0.4, -0.2) is 62.3 Å². The molecule has 6 nitrogen and oxygen atoms in total. The van der Waals surface area contributed by atoms with E-state index in [0.717, 1.165) is 32.1 Å². The van der Waals surface area contributed by atoms with Gasteiger partial charge in [-0.15, -0.1) is 0 Å². The minimum atomic E-state index is -3.45. The predicted octanol–water partition coefficient (Wildman–Crippen LogP) is 1.93. The molecule has 0 spiro atoms. The molecule has 1 amide bonds. The van der Waals surface area contributed by atoms with Crippen LogP contribution in [0.25, 0.3) is 0 Å². The van der Waals surface area contributed by atoms with E-state index in [9.17, 15) is 13.2 Å². The lowest BCUT2D eigenvalue weighted by Crippen LogP contribution is -2.51. The molecule has 7 heteroatoms. The van der Waals surface area contributed by atoms with E-state index in [-0.39, 0.29) is 5.91 Å². The number of nitrogens with zero attached hydrogens (tertiary/aromatic N) is 2. The van der Waals surface area contributed by atoms with Crippen molar-refractivity contribution >= 4 is 15.9 Å². The average molecular weight is 406 g/mol. The fraction of sp³-hybridized carbons (Fsp3) is 0.667. The number of benzene rings is 1. The molecule has 0 radical (unpaired) electrons. The number of rotatable bonds is 5. The van der Waals surface area contributed by atoms with Gasteiger partial charge in [-0.2, -0.15) is 4.31 Å². The van der Waals surface area contributed by atoms with Gasteiger partial charge in [0.2, 0.25) is 15.9 Å². The van der Waals surface area contributed by atoms with Crippen molar-refractivity contribution in [1.29, 1.82) is 0 Å². The Morgan fingerprint density at radius 1 is 0.964 bits per heavy atom. The van der Waals surface area contributed by atoms with E-state index in [1.807, 2.05) is 12.1 Å². The minimum absolute atomic E-state index is 0.0711. The summed E-state index contributed by atoms with van der Waals surface area (Å²) in [6.07, 6.45) is 8.97. The normalized spacial score (nSPS) is 22.1. The second-order valence-electron chi connectivity index (χ2n) is 8.37. The highest BCUT2D eigenvalue weighted by molar-refractivity contribution is 7.89. The molecule has 1 N–H and O–H groups in total. The van der Waals surface area contributed by atoms with E-state index in [1.54, 1.807) is 10.4 Å². The first-order chi connectivity index (χ1) is 13.5. The minimum Gasteiger partial charge on any atom is -0.352 e. The number of carbonyl (C=O) groups excluding carboxylic acids is 1. The first-order valence-corrected chi connectivity index (χ1v) is 12.1. The second kappa shape index (κ2) is 8.51. The van der Waals surface area contributed by atoms with Crippen LogP contribution in [0.1, 0.15) is 49.7 Å². The van der Waals surface area contributed by atoms with Crippen LogP contribution >= 0.6 is 0 Å². The highest BCUT2D eigenvalue weighted by Crippen LogP contribution is 2.26. The van der Waals surface area contributed by atoms with Crippen molar-refractivity contribution in [2.45, 2.75) is 62.3 Å². The molecule has 0 unspecified atom stereocenters. The second-order valence-corrected chi connectivity index (χ2v) is 10.3. The Balaban J connectivity index is 1.30. The predicted molar refractivity (Wildman–Crippen MR) is 109 cm³/mol. The number of amides is 1. The maximum Gasteiger partial charge on any atom is 0.243 e. The molecule has 3 aliphatic rings. The Bertz CT molecular complexity index is 810. The standard InChI is InChI=1S/C21H31N3O3S/c25-21(22-19-7-2-1-3-8-19)16-23-11-13-24(14-12-23)28(26,27)20-10-9-17-5-4-6-18(17)15-20/h9-10,15,19H,1-8,11-14,16H2,(H,22,25). The van der Waals surface area contributed by atoms with Crippen LogP contribution in [-0.2, 0) is 27.7 Å². The summed E-state index contributed by atoms with van der Waals surface area (Å²) >= 11 is 0. The molecule has 28 heavy (non-hydrogen) atoms. The summed E-state index contributed by atoms with van der Waals surface area (Å²) in [4.78, 5) is 14.8. The number of nitrogens with one attached hydrogen (secondary N) is 1. The van der Waals surface area contributed by atoms with Crippen LogP contribution in [0.2, 0.25) is 0 Å². The lowest BCUT2D eigenvalue weighted by atomic mass is 9.95. The van der Waals surface area contributed by atoms with Crippen molar-refractivity contribution in [1.82, 2.24) is 14.5 Å². The van der Waals surface area contributed by atoms with Gasteiger partial charge in [0.1, 0.15) is 0 Å². The number of fused-ring (bicyclic) bond motifs is 1. The average Bonchev–Trinajstić information content (AvgIpc) is 3.17. The van der Waals surface area contributed by atoms with E-state index < -0.39 is 10.0 Å². The van der Waals surface area contributed by atoms with Crippen LogP contribution in [0.5, 0.6) is 0 Å². The Morgan fingerprint density at radius 3 is 2.43 bits per heavy atom. The van der Waals surface area contributed by atoms with E-state index in [2.05, 4.69) is 10.2 Å². The molecule has 154 valence electrons. The molecule has 4 rings (SSSR count). The van der Waals surface area contributed by atoms with Gasteiger partial charge < -0.3 is 5.32 Å². The van der Waals surface area contributed by atoms with E-state index in [0.29, 0.717) is 43.7 Å². The fourth-order valence-electron chi connectivity index (χ4n) is 4.71. The third-order valence-corrected chi connectivity index (χ3v) is 8.27. The Hall–Kier alpha value is -1.44. The molecule has 1 saturated heterocycles. The van der Waals surface area contributed by atoms with Crippen LogP contribution in [0.4, 0.5) is 0 Å². The van der Waals surface area contributed by atoms with Crippen molar-refractivity contribution in [2.24, 2.45) is 0 Å². The highest BCUT2D eigenvalue weighted by atomic mass is 32.2. The maximum atomic E-state index is 13.0. The molecule has 0 aromatic heterocycles. The molecule has 1 saturated carbocycles. The Kier molecular flexibility index (Phi) is 6.04. The van der Waals surface area contributed by atoms with Gasteiger partial charge in [0.05, 0.1) is 11.4 Å². The number of aryl methyl sites for hydroxylation is 2. The molecule has 0 atom stereocenters. The molecular formula is C21H31N3O3S. The van der Waals surface area contributed by atoms with Crippen LogP contribution in [0, 0.1) is 0 Å². The van der Waals surface area contributed by atoms with E-state index in [4.69, 9.17) is 0 Å². The van der Waals surface area contributed by atoms with E-state index >= 15 is 0 Å². The topological polar surface area (TPSA) is 69.7 Å². The Labute approximate surface area is 168 Å². The smallest absolute Gasteiger partial charge is 0.243 e. The van der Waals surface area contributed by atoms with Crippen molar-refractivity contribution in [2.75, 3.05) is 32.7 Å². The fourth-order valence-corrected chi connectivity index (χ4v) is 6.18. The molecule has 1 aliphatic heterocycles. The lowest BCUT2D eigenvalue weighted by molar-refractivity contribution is -0.123. The van der Waals surface area contributed by atoms with Gasteiger partial charge >= 0.3 is 0 Å². The van der Waals surface area contributed by atoms with Gasteiger partial charge in [0.15, 0.2) is 0 Å². The van der Waals surface area contributed by atoms with Crippen LogP contribution in [0.15, 0.2) is 23.1 Å². The van der Waals surface area contributed by atoms with Crippen molar-refractivity contribution in [3.8, 4) is 0 Å². The molecule has 1 heterocycles. The van der Waals surface area contributed by atoms with Gasteiger partial charge in [-0.25, -0.2) is 8.42 Å². The van der Waals surface area contributed by atoms with Crippen molar-refractivity contribution < 1.29 is 13.2 Å². The number of hydrogen-bond donors (Lipinski definition) is 1. The number of carbonyl (C=O) groups is 1. The third-order valence-electron chi connectivity index (χ3n) is 6.38. The van der Waals surface area contributed by atoms with Gasteiger partial charge in [-0.05, 0) is 55.4 Å². The summed E-state index contributed by atoms with van der Waals surface area (Å²) in [6, 6.07) is 5.91. The molecule has 0 bridgehead atoms. The number of sulfonamides is 1. The molecule has 1 aromatic rings. The van der Waals surface area contributed by atoms with Crippen LogP contribution < -0.4 is 5.32 Å². The zero-order valence-corrected chi connectivity index (χ0v) is 17.3. The zero-order valence-electron chi connectivity index (χ0n) is 16.5. The molecule has 2 aliphatic carbocycles. The quantitative estimate of drug-likeness (QED) is 0.813.